The molecule has 0 atom stereocenters. The quantitative estimate of drug-likeness (QED) is 0.527. The highest BCUT2D eigenvalue weighted by atomic mass is 19.1. The highest BCUT2D eigenvalue weighted by molar-refractivity contribution is 6.10. The summed E-state index contributed by atoms with van der Waals surface area (Å²) in [5, 5.41) is 1.29. The lowest BCUT2D eigenvalue weighted by Crippen LogP contribution is -2.41. The van der Waals surface area contributed by atoms with Gasteiger partial charge in [-0.15, -0.1) is 0 Å². The normalized spacial score (nSPS) is 11.0. The average Bonchev–Trinajstić information content (AvgIpc) is 3.02. The molecule has 0 aliphatic rings. The Labute approximate surface area is 160 Å². The molecule has 2 amide bonds. The van der Waals surface area contributed by atoms with Crippen molar-refractivity contribution < 1.29 is 14.0 Å². The lowest BCUT2D eigenvalue weighted by molar-refractivity contribution is 0.0848. The summed E-state index contributed by atoms with van der Waals surface area (Å²) in [5.41, 5.74) is 7.52. The number of pyridine rings is 1. The monoisotopic (exact) mass is 376 g/mol. The van der Waals surface area contributed by atoms with Crippen LogP contribution in [-0.2, 0) is 7.05 Å². The number of para-hydroxylation sites is 1. The number of nitrogens with zero attached hydrogens (tertiary/aromatic N) is 2. The Bertz CT molecular complexity index is 1240. The largest absolute Gasteiger partial charge is 0.350 e. The van der Waals surface area contributed by atoms with Gasteiger partial charge < -0.3 is 4.57 Å². The maximum absolute atomic E-state index is 13.5. The number of hydrogen-bond donors (Lipinski definition) is 2. The first kappa shape index (κ1) is 17.7. The minimum atomic E-state index is -0.504. The zero-order chi connectivity index (χ0) is 19.8. The van der Waals surface area contributed by atoms with Crippen LogP contribution in [0.4, 0.5) is 4.39 Å². The van der Waals surface area contributed by atoms with Gasteiger partial charge in [-0.3, -0.25) is 25.4 Å². The molecule has 7 heteroatoms. The predicted molar refractivity (Wildman–Crippen MR) is 104 cm³/mol. The van der Waals surface area contributed by atoms with Crippen LogP contribution in [0.1, 0.15) is 26.4 Å². The van der Waals surface area contributed by atoms with Gasteiger partial charge in [-0.25, -0.2) is 4.39 Å². The van der Waals surface area contributed by atoms with E-state index in [1.165, 1.54) is 18.2 Å². The second-order valence-corrected chi connectivity index (χ2v) is 6.55. The number of aryl methyl sites for hydroxylation is 2. The van der Waals surface area contributed by atoms with E-state index in [4.69, 9.17) is 0 Å². The summed E-state index contributed by atoms with van der Waals surface area (Å²) in [5.74, 6) is -1.36. The number of hydrogen-bond acceptors (Lipinski definition) is 3. The first-order valence-corrected chi connectivity index (χ1v) is 8.65. The second-order valence-electron chi connectivity index (χ2n) is 6.55. The van der Waals surface area contributed by atoms with Crippen molar-refractivity contribution >= 4 is 33.6 Å². The molecule has 2 aromatic carbocycles. The highest BCUT2D eigenvalue weighted by Gasteiger charge is 2.16. The van der Waals surface area contributed by atoms with Gasteiger partial charge in [0.15, 0.2) is 0 Å². The van der Waals surface area contributed by atoms with Crippen LogP contribution in [0.25, 0.3) is 21.8 Å². The number of aromatic nitrogens is 2. The molecule has 2 N–H and O–H groups in total. The van der Waals surface area contributed by atoms with E-state index in [2.05, 4.69) is 15.8 Å². The number of nitrogens with one attached hydrogen (secondary N) is 2. The van der Waals surface area contributed by atoms with Gasteiger partial charge in [-0.05, 0) is 31.2 Å². The Morgan fingerprint density at radius 2 is 1.68 bits per heavy atom. The molecule has 0 bridgehead atoms. The summed E-state index contributed by atoms with van der Waals surface area (Å²) in [6.45, 7) is 1.72. The Morgan fingerprint density at radius 3 is 2.46 bits per heavy atom. The van der Waals surface area contributed by atoms with Crippen molar-refractivity contribution in [2.24, 2.45) is 7.05 Å². The fourth-order valence-corrected chi connectivity index (χ4v) is 3.29. The molecule has 0 aliphatic heterocycles. The maximum Gasteiger partial charge on any atom is 0.271 e. The third-order valence-electron chi connectivity index (χ3n) is 4.58. The van der Waals surface area contributed by atoms with Gasteiger partial charge in [-0.1, -0.05) is 18.2 Å². The summed E-state index contributed by atoms with van der Waals surface area (Å²) in [4.78, 5) is 29.5. The first-order chi connectivity index (χ1) is 13.4. The number of carbonyl (C=O) groups is 2. The molecule has 0 aliphatic carbocycles. The first-order valence-electron chi connectivity index (χ1n) is 8.65. The average molecular weight is 376 g/mol. The molecule has 4 aromatic rings. The van der Waals surface area contributed by atoms with Crippen LogP contribution in [0.3, 0.4) is 0 Å². The molecule has 2 aromatic heterocycles. The highest BCUT2D eigenvalue weighted by Crippen LogP contribution is 2.21. The SMILES string of the molecule is Cc1cc(C(=O)NNC(=O)c2cn(C)c3ccccc23)c2ccc(F)cc2n1. The molecule has 0 saturated heterocycles. The van der Waals surface area contributed by atoms with E-state index in [-0.39, 0.29) is 0 Å². The van der Waals surface area contributed by atoms with Gasteiger partial charge >= 0.3 is 0 Å². The van der Waals surface area contributed by atoms with Gasteiger partial charge in [-0.2, -0.15) is 0 Å². The minimum Gasteiger partial charge on any atom is -0.350 e. The van der Waals surface area contributed by atoms with Crippen molar-refractivity contribution in [2.75, 3.05) is 0 Å². The number of carbonyl (C=O) groups excluding carboxylic acids is 2. The number of halogens is 1. The van der Waals surface area contributed by atoms with Gasteiger partial charge in [0.25, 0.3) is 11.8 Å². The minimum absolute atomic E-state index is 0.306. The molecule has 0 radical (unpaired) electrons. The van der Waals surface area contributed by atoms with Gasteiger partial charge in [0, 0.05) is 41.3 Å². The molecule has 28 heavy (non-hydrogen) atoms. The van der Waals surface area contributed by atoms with Crippen molar-refractivity contribution in [1.29, 1.82) is 0 Å². The standard InChI is InChI=1S/C21H17FN4O2/c1-12-9-16(14-8-7-13(22)10-18(14)23-12)20(27)24-25-21(28)17-11-26(2)19-6-4-3-5-15(17)19/h3-11H,1-2H3,(H,24,27)(H,25,28). The van der Waals surface area contributed by atoms with Gasteiger partial charge in [0.05, 0.1) is 16.6 Å². The molecular weight excluding hydrogens is 359 g/mol. The van der Waals surface area contributed by atoms with Crippen LogP contribution in [0, 0.1) is 12.7 Å². The predicted octanol–water partition coefficient (Wildman–Crippen LogP) is 3.25. The molecule has 0 spiro atoms. The van der Waals surface area contributed by atoms with Gasteiger partial charge in [0.2, 0.25) is 0 Å². The van der Waals surface area contributed by atoms with Crippen molar-refractivity contribution in [3.63, 3.8) is 0 Å². The van der Waals surface area contributed by atoms with Crippen LogP contribution in [0.15, 0.2) is 54.7 Å². The summed E-state index contributed by atoms with van der Waals surface area (Å²) < 4.78 is 15.3. The van der Waals surface area contributed by atoms with E-state index in [9.17, 15) is 14.0 Å². The molecule has 6 nitrogen and oxygen atoms in total. The van der Waals surface area contributed by atoms with E-state index >= 15 is 0 Å². The molecule has 0 fully saturated rings. The van der Waals surface area contributed by atoms with Crippen molar-refractivity contribution in [3.8, 4) is 0 Å². The van der Waals surface area contributed by atoms with E-state index in [1.54, 1.807) is 19.2 Å². The lowest BCUT2D eigenvalue weighted by atomic mass is 10.1. The molecule has 0 saturated carbocycles. The van der Waals surface area contributed by atoms with Crippen LogP contribution < -0.4 is 10.9 Å². The van der Waals surface area contributed by atoms with Gasteiger partial charge in [0.1, 0.15) is 5.82 Å². The van der Waals surface area contributed by atoms with Crippen molar-refractivity contribution in [3.05, 3.63) is 77.4 Å². The third kappa shape index (κ3) is 3.07. The Hall–Kier alpha value is -3.74. The fourth-order valence-electron chi connectivity index (χ4n) is 3.29. The van der Waals surface area contributed by atoms with E-state index in [0.29, 0.717) is 27.7 Å². The Balaban J connectivity index is 1.59. The molecule has 4 rings (SSSR count). The van der Waals surface area contributed by atoms with E-state index in [0.717, 1.165) is 10.9 Å². The lowest BCUT2D eigenvalue weighted by Gasteiger charge is -2.10. The third-order valence-corrected chi connectivity index (χ3v) is 4.58. The summed E-state index contributed by atoms with van der Waals surface area (Å²) in [6, 6.07) is 13.1. The molecule has 140 valence electrons. The van der Waals surface area contributed by atoms with Crippen molar-refractivity contribution in [2.45, 2.75) is 6.92 Å². The number of benzene rings is 2. The van der Waals surface area contributed by atoms with Crippen LogP contribution in [0.2, 0.25) is 0 Å². The number of hydrazine groups is 1. The summed E-state index contributed by atoms with van der Waals surface area (Å²) in [7, 11) is 1.85. The second kappa shape index (κ2) is 6.77. The fraction of sp³-hybridized carbons (Fsp3) is 0.0952. The summed E-state index contributed by atoms with van der Waals surface area (Å²) in [6.07, 6.45) is 1.71. The molecular formula is C21H17FN4O2. The topological polar surface area (TPSA) is 76.0 Å². The van der Waals surface area contributed by atoms with Crippen molar-refractivity contribution in [1.82, 2.24) is 20.4 Å². The van der Waals surface area contributed by atoms with Crippen LogP contribution >= 0.6 is 0 Å². The van der Waals surface area contributed by atoms with Crippen LogP contribution in [0.5, 0.6) is 0 Å². The van der Waals surface area contributed by atoms with Crippen LogP contribution in [-0.4, -0.2) is 21.4 Å². The molecule has 2 heterocycles. The number of amides is 2. The number of rotatable bonds is 2. The van der Waals surface area contributed by atoms with E-state index in [1.807, 2.05) is 35.9 Å². The number of fused-ring (bicyclic) bond motifs is 2. The smallest absolute Gasteiger partial charge is 0.271 e. The zero-order valence-corrected chi connectivity index (χ0v) is 15.3. The zero-order valence-electron chi connectivity index (χ0n) is 15.3. The van der Waals surface area contributed by atoms with E-state index < -0.39 is 17.6 Å². The Morgan fingerprint density at radius 1 is 0.964 bits per heavy atom. The molecule has 0 unspecified atom stereocenters. The maximum atomic E-state index is 13.5. The summed E-state index contributed by atoms with van der Waals surface area (Å²) >= 11 is 0. The Kier molecular flexibility index (Phi) is 4.27.